The second-order valence-electron chi connectivity index (χ2n) is 41.1. The summed E-state index contributed by atoms with van der Waals surface area (Å²) in [6, 6.07) is 0. The van der Waals surface area contributed by atoms with Gasteiger partial charge in [-0.05, 0) is 422 Å². The standard InChI is InChI=1S/C12H22.C11H14.C11H18.C10H16.C10H14.C9H14.C9H18.C8H8.C7H10/c1-2-5-11-8-10-6-3-4-7-12(11)9-10;1-4-5-2-9-8(1)10-6(4)3-7(5)11(9)10;1-3-9-7-10-4-2-6-11(10,5-1)8-9;1-7-2-9-4-8(1)5-10(3-7)6-9;1-2-9-7-4-5-8(6-7)10(9)3-1;1-6-2-8-4-7(1)5-9(8)3-6;1-3-4-5-6-9-7-8(9)2;1-2-5-3(1)7-4(1)6(2)8(5)7;1-4-2-6-5(1)7(6)3-4/h10-12H,2-9H2,1H3;4-11H,1-3H2;9-10H,1-8H2;7-10H,1-6H2;1-2,7-10H,3-6H2;6-9H,1-5H2;8-9H,3-7H2,1-2H3;1-8H;4-7H,1-3H2. The lowest BCUT2D eigenvalue weighted by atomic mass is 9.01. The number of allylic oxidation sites excluding steroid dienone is 2. The Bertz CT molecular complexity index is 2230. The third-order valence-corrected chi connectivity index (χ3v) is 37.9. The van der Waals surface area contributed by atoms with E-state index in [0.717, 1.165) is 64.6 Å². The zero-order chi connectivity index (χ0) is 57.1. The predicted octanol–water partition coefficient (Wildman–Crippen LogP) is 23.3. The molecule has 0 heterocycles. The molecule has 0 aromatic carbocycles. The minimum Gasteiger partial charge on any atom is -0.0879 e. The second-order valence-corrected chi connectivity index (χ2v) is 41.1. The summed E-state index contributed by atoms with van der Waals surface area (Å²) < 4.78 is 0. The third-order valence-electron chi connectivity index (χ3n) is 37.9. The van der Waals surface area contributed by atoms with Crippen molar-refractivity contribution in [2.75, 3.05) is 0 Å². The molecule has 32 aliphatic rings. The summed E-state index contributed by atoms with van der Waals surface area (Å²) in [4.78, 5) is 0. The lowest BCUT2D eigenvalue weighted by molar-refractivity contribution is -0.565. The Hall–Kier alpha value is -0.260. The number of fused-ring (bicyclic) bond motifs is 10. The molecule has 0 nitrogen and oxygen atoms in total. The van der Waals surface area contributed by atoms with Gasteiger partial charge < -0.3 is 0 Å². The van der Waals surface area contributed by atoms with Crippen molar-refractivity contribution in [3.8, 4) is 0 Å². The molecule has 0 radical (unpaired) electrons. The van der Waals surface area contributed by atoms with Crippen molar-refractivity contribution in [1.29, 1.82) is 0 Å². The van der Waals surface area contributed by atoms with E-state index < -0.39 is 0 Å². The minimum absolute atomic E-state index is 0.906. The van der Waals surface area contributed by atoms with Crippen LogP contribution < -0.4 is 0 Å². The normalized spacial score (nSPS) is 61.9. The lowest BCUT2D eigenvalue weighted by Crippen LogP contribution is -3.00. The highest BCUT2D eigenvalue weighted by atomic mass is 15.0. The average molecular weight is 1180 g/mol. The van der Waals surface area contributed by atoms with Gasteiger partial charge in [0.15, 0.2) is 0 Å². The number of hydrogen-bond donors (Lipinski definition) is 0. The van der Waals surface area contributed by atoms with E-state index in [1.54, 1.807) is 199 Å². The van der Waals surface area contributed by atoms with Crippen LogP contribution in [0.25, 0.3) is 0 Å². The van der Waals surface area contributed by atoms with Crippen LogP contribution in [-0.4, -0.2) is 0 Å². The number of unbranched alkanes of at least 4 members (excludes halogenated alkanes) is 2. The van der Waals surface area contributed by atoms with Crippen LogP contribution in [0.5, 0.6) is 0 Å². The molecule has 0 aliphatic heterocycles. The highest BCUT2D eigenvalue weighted by molar-refractivity contribution is 5.44. The van der Waals surface area contributed by atoms with Crippen molar-refractivity contribution < 1.29 is 0 Å². The first kappa shape index (κ1) is 57.0. The van der Waals surface area contributed by atoms with E-state index in [1.165, 1.54) is 242 Å². The van der Waals surface area contributed by atoms with Gasteiger partial charge in [0, 0.05) is 0 Å². The molecule has 0 N–H and O–H groups in total. The fourth-order valence-electron chi connectivity index (χ4n) is 35.1. The maximum atomic E-state index is 2.49. The molecule has 0 aromatic rings. The van der Waals surface area contributed by atoms with Crippen molar-refractivity contribution in [2.45, 2.75) is 290 Å². The summed E-state index contributed by atoms with van der Waals surface area (Å²) in [5, 5.41) is 0. The van der Waals surface area contributed by atoms with Gasteiger partial charge in [0.25, 0.3) is 0 Å². The zero-order valence-corrected chi connectivity index (χ0v) is 56.9. The zero-order valence-electron chi connectivity index (χ0n) is 56.9. The van der Waals surface area contributed by atoms with Gasteiger partial charge in [-0.3, -0.25) is 0 Å². The van der Waals surface area contributed by atoms with Crippen LogP contribution in [0.4, 0.5) is 0 Å². The van der Waals surface area contributed by atoms with Crippen LogP contribution in [0.1, 0.15) is 290 Å². The van der Waals surface area contributed by atoms with E-state index in [1.807, 2.05) is 0 Å². The molecule has 87 heavy (non-hydrogen) atoms. The molecule has 482 valence electrons. The number of hydrogen-bond acceptors (Lipinski definition) is 0. The molecule has 31 saturated carbocycles. The van der Waals surface area contributed by atoms with Crippen LogP contribution >= 0.6 is 0 Å². The Kier molecular flexibility index (Phi) is 14.5. The van der Waals surface area contributed by atoms with Gasteiger partial charge in [0.05, 0.1) is 0 Å². The van der Waals surface area contributed by atoms with E-state index >= 15 is 0 Å². The summed E-state index contributed by atoms with van der Waals surface area (Å²) in [7, 11) is 0. The summed E-state index contributed by atoms with van der Waals surface area (Å²) in [5.74, 6) is 47.5. The topological polar surface area (TPSA) is 0 Å². The lowest BCUT2D eigenvalue weighted by Gasteiger charge is -3.03. The van der Waals surface area contributed by atoms with Gasteiger partial charge in [-0.1, -0.05) is 116 Å². The van der Waals surface area contributed by atoms with E-state index in [0.29, 0.717) is 0 Å². The highest BCUT2D eigenvalue weighted by Crippen LogP contribution is 3.01. The predicted molar refractivity (Wildman–Crippen MR) is 359 cm³/mol. The maximum Gasteiger partial charge on any atom is -0.0171 e. The SMILES string of the molecule is C12C3C4C1C1C2C3C41.C1=CC2C3CCC(C3)C2C1.C1C2C3CC4C5CC3C1C5C24.C1C2CC3C1C3C2.C1C2CC3CC1CC(C2)C3.C1C2CC3CC1CC3C2.C1CC2CC3CCCC3(C1)C2.CCCC1CC2CCCCC1C2.CCCCCC1CC1C. The van der Waals surface area contributed by atoms with Crippen LogP contribution in [0.3, 0.4) is 0 Å². The quantitative estimate of drug-likeness (QED) is 0.184. The van der Waals surface area contributed by atoms with Crippen molar-refractivity contribution in [3.05, 3.63) is 12.2 Å². The molecule has 20 bridgehead atoms. The maximum absolute atomic E-state index is 2.49. The minimum atomic E-state index is 0.906. The van der Waals surface area contributed by atoms with E-state index in [-0.39, 0.29) is 0 Å². The van der Waals surface area contributed by atoms with Gasteiger partial charge in [0.2, 0.25) is 0 Å². The molecule has 32 aliphatic carbocycles. The van der Waals surface area contributed by atoms with E-state index in [2.05, 4.69) is 32.9 Å². The molecule has 32 rings (SSSR count). The first-order chi connectivity index (χ1) is 42.8. The molecule has 0 amide bonds. The Morgan fingerprint density at radius 1 is 0.322 bits per heavy atom. The van der Waals surface area contributed by atoms with E-state index in [9.17, 15) is 0 Å². The molecular formula is C87H134. The third kappa shape index (κ3) is 9.27. The molecule has 0 heteroatoms. The summed E-state index contributed by atoms with van der Waals surface area (Å²) in [6.45, 7) is 6.99. The van der Waals surface area contributed by atoms with Gasteiger partial charge in [0.1, 0.15) is 0 Å². The van der Waals surface area contributed by atoms with Crippen LogP contribution in [0.15, 0.2) is 12.2 Å². The Morgan fingerprint density at radius 3 is 1.32 bits per heavy atom. The van der Waals surface area contributed by atoms with Crippen molar-refractivity contribution >= 4 is 0 Å². The molecule has 20 atom stereocenters. The molecule has 1 spiro atoms. The molecule has 31 fully saturated rings. The van der Waals surface area contributed by atoms with Crippen molar-refractivity contribution in [2.24, 2.45) is 236 Å². The fourth-order valence-corrected chi connectivity index (χ4v) is 35.1. The number of rotatable bonds is 6. The largest absolute Gasteiger partial charge is 0.0879 e. The second kappa shape index (κ2) is 22.1. The summed E-state index contributed by atoms with van der Waals surface area (Å²) in [5.41, 5.74) is 0.906. The summed E-state index contributed by atoms with van der Waals surface area (Å²) >= 11 is 0. The molecule has 0 aromatic heterocycles. The van der Waals surface area contributed by atoms with Gasteiger partial charge in [-0.25, -0.2) is 0 Å². The Balaban J connectivity index is 0.0000000694. The highest BCUT2D eigenvalue weighted by Gasteiger charge is 2.97. The van der Waals surface area contributed by atoms with Gasteiger partial charge in [-0.15, -0.1) is 0 Å². The van der Waals surface area contributed by atoms with E-state index in [4.69, 9.17) is 0 Å². The Morgan fingerprint density at radius 2 is 0.805 bits per heavy atom. The van der Waals surface area contributed by atoms with Gasteiger partial charge >= 0.3 is 0 Å². The smallest absolute Gasteiger partial charge is 0.0171 e. The fraction of sp³-hybridized carbons (Fsp3) is 0.977. The van der Waals surface area contributed by atoms with Crippen molar-refractivity contribution in [3.63, 3.8) is 0 Å². The van der Waals surface area contributed by atoms with Crippen molar-refractivity contribution in [1.82, 2.24) is 0 Å². The molecule has 20 unspecified atom stereocenters. The average Bonchev–Trinajstić information content (AvgIpc) is 1.05. The first-order valence-corrected chi connectivity index (χ1v) is 42.5. The Labute approximate surface area is 535 Å². The van der Waals surface area contributed by atoms with Gasteiger partial charge in [-0.2, -0.15) is 0 Å². The molecular weight excluding hydrogens is 1040 g/mol. The van der Waals surface area contributed by atoms with Crippen LogP contribution in [-0.2, 0) is 0 Å². The molecule has 0 saturated heterocycles. The first-order valence-electron chi connectivity index (χ1n) is 42.5. The van der Waals surface area contributed by atoms with Crippen LogP contribution in [0, 0.1) is 236 Å². The van der Waals surface area contributed by atoms with Crippen LogP contribution in [0.2, 0.25) is 0 Å². The monoisotopic (exact) mass is 1180 g/mol. The summed E-state index contributed by atoms with van der Waals surface area (Å²) in [6.07, 6.45) is 70.8.